The van der Waals surface area contributed by atoms with Crippen molar-refractivity contribution in [2.75, 3.05) is 18.0 Å². The lowest BCUT2D eigenvalue weighted by molar-refractivity contribution is -0.130. The molecule has 1 atom stereocenters. The van der Waals surface area contributed by atoms with E-state index in [9.17, 15) is 9.59 Å². The number of rotatable bonds is 4. The second-order valence-corrected chi connectivity index (χ2v) is 7.63. The van der Waals surface area contributed by atoms with Crippen LogP contribution in [0.3, 0.4) is 0 Å². The van der Waals surface area contributed by atoms with Crippen molar-refractivity contribution in [1.29, 1.82) is 0 Å². The van der Waals surface area contributed by atoms with Crippen molar-refractivity contribution >= 4 is 40.9 Å². The Bertz CT molecular complexity index is 749. The van der Waals surface area contributed by atoms with Gasteiger partial charge in [-0.05, 0) is 62.2 Å². The lowest BCUT2D eigenvalue weighted by Gasteiger charge is -2.33. The van der Waals surface area contributed by atoms with Crippen molar-refractivity contribution < 1.29 is 9.59 Å². The summed E-state index contributed by atoms with van der Waals surface area (Å²) in [6.07, 6.45) is 7.47. The Morgan fingerprint density at radius 2 is 1.74 bits per heavy atom. The molecule has 1 aromatic carbocycles. The van der Waals surface area contributed by atoms with E-state index in [0.717, 1.165) is 25.1 Å². The largest absolute Gasteiger partial charge is 0.372 e. The molecular formula is C21H27N3O2S. The maximum atomic E-state index is 12.8. The number of carbonyl (C=O) groups excluding carboxylic acids is 2. The maximum absolute atomic E-state index is 12.8. The Balaban J connectivity index is 1.81. The molecule has 1 N–H and O–H groups in total. The molecular weight excluding hydrogens is 358 g/mol. The molecule has 0 bridgehead atoms. The third-order valence-corrected chi connectivity index (χ3v) is 5.64. The Morgan fingerprint density at radius 3 is 2.33 bits per heavy atom. The number of amides is 2. The number of anilines is 1. The van der Waals surface area contributed by atoms with Crippen molar-refractivity contribution in [2.24, 2.45) is 0 Å². The summed E-state index contributed by atoms with van der Waals surface area (Å²) >= 11 is 5.18. The van der Waals surface area contributed by atoms with E-state index in [1.165, 1.54) is 36.3 Å². The van der Waals surface area contributed by atoms with Gasteiger partial charge in [-0.3, -0.25) is 19.8 Å². The molecule has 2 amide bonds. The zero-order valence-electron chi connectivity index (χ0n) is 16.0. The van der Waals surface area contributed by atoms with Crippen LogP contribution in [0.25, 0.3) is 6.08 Å². The summed E-state index contributed by atoms with van der Waals surface area (Å²) in [6, 6.07) is 8.02. The second-order valence-electron chi connectivity index (χ2n) is 7.24. The molecule has 1 aromatic rings. The normalized spacial score (nSPS) is 21.3. The number of nitrogens with one attached hydrogen (secondary N) is 1. The van der Waals surface area contributed by atoms with E-state index in [-0.39, 0.29) is 22.6 Å². The smallest absolute Gasteiger partial charge is 0.265 e. The fourth-order valence-electron chi connectivity index (χ4n) is 3.53. The molecule has 27 heavy (non-hydrogen) atoms. The highest BCUT2D eigenvalue weighted by Crippen LogP contribution is 2.22. The molecule has 0 radical (unpaired) electrons. The van der Waals surface area contributed by atoms with E-state index in [1.54, 1.807) is 6.08 Å². The van der Waals surface area contributed by atoms with Crippen LogP contribution in [0.1, 0.15) is 51.5 Å². The van der Waals surface area contributed by atoms with Crippen molar-refractivity contribution in [3.8, 4) is 0 Å². The van der Waals surface area contributed by atoms with Crippen LogP contribution in [0.4, 0.5) is 5.69 Å². The van der Waals surface area contributed by atoms with Gasteiger partial charge < -0.3 is 4.90 Å². The minimum Gasteiger partial charge on any atom is -0.372 e. The molecule has 144 valence electrons. The van der Waals surface area contributed by atoms with Gasteiger partial charge in [-0.15, -0.1) is 0 Å². The van der Waals surface area contributed by atoms with E-state index in [0.29, 0.717) is 0 Å². The molecule has 2 heterocycles. The topological polar surface area (TPSA) is 52.7 Å². The lowest BCUT2D eigenvalue weighted by Crippen LogP contribution is -2.56. The first-order valence-electron chi connectivity index (χ1n) is 9.77. The molecule has 2 saturated heterocycles. The number of benzene rings is 1. The van der Waals surface area contributed by atoms with E-state index in [1.807, 2.05) is 26.0 Å². The summed E-state index contributed by atoms with van der Waals surface area (Å²) in [5.41, 5.74) is 2.16. The van der Waals surface area contributed by atoms with Crippen LogP contribution in [0.2, 0.25) is 0 Å². The van der Waals surface area contributed by atoms with Gasteiger partial charge >= 0.3 is 0 Å². The number of nitrogens with zero attached hydrogens (tertiary/aromatic N) is 2. The molecule has 0 saturated carbocycles. The van der Waals surface area contributed by atoms with Gasteiger partial charge in [0.2, 0.25) is 0 Å². The van der Waals surface area contributed by atoms with Crippen molar-refractivity contribution in [2.45, 2.75) is 52.0 Å². The van der Waals surface area contributed by atoms with Gasteiger partial charge in [0.25, 0.3) is 11.8 Å². The lowest BCUT2D eigenvalue weighted by atomic mass is 10.1. The van der Waals surface area contributed by atoms with Gasteiger partial charge in [0.15, 0.2) is 5.11 Å². The van der Waals surface area contributed by atoms with E-state index in [2.05, 4.69) is 22.3 Å². The highest BCUT2D eigenvalue weighted by Gasteiger charge is 2.35. The van der Waals surface area contributed by atoms with Gasteiger partial charge in [-0.2, -0.15) is 0 Å². The Kier molecular flexibility index (Phi) is 6.26. The Morgan fingerprint density at radius 1 is 1.11 bits per heavy atom. The average molecular weight is 386 g/mol. The van der Waals surface area contributed by atoms with Crippen LogP contribution < -0.4 is 10.2 Å². The third-order valence-electron chi connectivity index (χ3n) is 5.34. The fourth-order valence-corrected chi connectivity index (χ4v) is 3.89. The molecule has 3 rings (SSSR count). The Labute approximate surface area is 166 Å². The highest BCUT2D eigenvalue weighted by atomic mass is 32.1. The van der Waals surface area contributed by atoms with Crippen molar-refractivity contribution in [1.82, 2.24) is 10.2 Å². The third kappa shape index (κ3) is 4.38. The quantitative estimate of drug-likeness (QED) is 0.490. The van der Waals surface area contributed by atoms with Crippen LogP contribution in [-0.2, 0) is 9.59 Å². The number of hydrogen-bond acceptors (Lipinski definition) is 4. The highest BCUT2D eigenvalue weighted by molar-refractivity contribution is 7.80. The predicted molar refractivity (Wildman–Crippen MR) is 112 cm³/mol. The molecule has 6 heteroatoms. The van der Waals surface area contributed by atoms with Gasteiger partial charge in [-0.1, -0.05) is 31.9 Å². The van der Waals surface area contributed by atoms with Crippen molar-refractivity contribution in [3.05, 3.63) is 35.4 Å². The molecule has 0 aliphatic carbocycles. The van der Waals surface area contributed by atoms with Gasteiger partial charge in [-0.25, -0.2) is 0 Å². The predicted octanol–water partition coefficient (Wildman–Crippen LogP) is 3.49. The first-order valence-corrected chi connectivity index (χ1v) is 10.2. The van der Waals surface area contributed by atoms with E-state index >= 15 is 0 Å². The molecule has 5 nitrogen and oxygen atoms in total. The standard InChI is InChI=1S/C21H27N3O2S/c1-3-15(2)24-20(26)18(19(25)22-21(24)27)14-16-8-10-17(11-9-16)23-12-6-4-5-7-13-23/h8-11,14-15H,3-7,12-13H2,1-2H3,(H,22,25,27)/b18-14-/t15-/m0/s1. The first kappa shape index (κ1) is 19.5. The van der Waals surface area contributed by atoms with Crippen molar-refractivity contribution in [3.63, 3.8) is 0 Å². The van der Waals surface area contributed by atoms with Gasteiger partial charge in [0.05, 0.1) is 0 Å². The molecule has 0 aromatic heterocycles. The molecule has 2 aliphatic heterocycles. The zero-order chi connectivity index (χ0) is 19.4. The minimum atomic E-state index is -0.429. The van der Waals surface area contributed by atoms with Gasteiger partial charge in [0, 0.05) is 24.8 Å². The maximum Gasteiger partial charge on any atom is 0.265 e. The summed E-state index contributed by atoms with van der Waals surface area (Å²) in [7, 11) is 0. The fraction of sp³-hybridized carbons (Fsp3) is 0.476. The number of hydrogen-bond donors (Lipinski definition) is 1. The van der Waals surface area contributed by atoms with Crippen LogP contribution in [0, 0.1) is 0 Å². The van der Waals surface area contributed by atoms with Crippen LogP contribution in [0.5, 0.6) is 0 Å². The zero-order valence-corrected chi connectivity index (χ0v) is 16.8. The molecule has 0 spiro atoms. The first-order chi connectivity index (χ1) is 13.0. The summed E-state index contributed by atoms with van der Waals surface area (Å²) < 4.78 is 0. The average Bonchev–Trinajstić information content (AvgIpc) is 2.94. The molecule has 2 fully saturated rings. The van der Waals surface area contributed by atoms with Crippen LogP contribution in [0.15, 0.2) is 29.8 Å². The summed E-state index contributed by atoms with van der Waals surface area (Å²) in [6.45, 7) is 6.09. The summed E-state index contributed by atoms with van der Waals surface area (Å²) in [5.74, 6) is -0.754. The summed E-state index contributed by atoms with van der Waals surface area (Å²) in [4.78, 5) is 29.0. The number of thiocarbonyl (C=S) groups is 1. The SMILES string of the molecule is CC[C@H](C)N1C(=O)/C(=C\c2ccc(N3CCCCCC3)cc2)C(=O)NC1=S. The molecule has 2 aliphatic rings. The monoisotopic (exact) mass is 385 g/mol. The van der Waals surface area contributed by atoms with Crippen LogP contribution in [-0.4, -0.2) is 41.0 Å². The Hall–Kier alpha value is -2.21. The summed E-state index contributed by atoms with van der Waals surface area (Å²) in [5, 5.41) is 2.82. The minimum absolute atomic E-state index is 0.0561. The van der Waals surface area contributed by atoms with Crippen LogP contribution >= 0.6 is 12.2 Å². The van der Waals surface area contributed by atoms with E-state index in [4.69, 9.17) is 12.2 Å². The van der Waals surface area contributed by atoms with E-state index < -0.39 is 5.91 Å². The number of carbonyl (C=O) groups is 2. The second kappa shape index (κ2) is 8.65. The molecule has 0 unspecified atom stereocenters. The van der Waals surface area contributed by atoms with Gasteiger partial charge in [0.1, 0.15) is 5.57 Å².